The van der Waals surface area contributed by atoms with E-state index in [2.05, 4.69) is 10.3 Å². The van der Waals surface area contributed by atoms with Crippen molar-refractivity contribution < 1.29 is 18.0 Å². The van der Waals surface area contributed by atoms with Gasteiger partial charge < -0.3 is 5.32 Å². The van der Waals surface area contributed by atoms with Crippen molar-refractivity contribution in [1.29, 1.82) is 0 Å². The molecule has 1 amide bonds. The molecule has 0 spiro atoms. The lowest BCUT2D eigenvalue weighted by Gasteiger charge is -2.14. The van der Waals surface area contributed by atoms with Crippen LogP contribution in [-0.4, -0.2) is 15.5 Å². The molecule has 1 N–H and O–H groups in total. The van der Waals surface area contributed by atoms with E-state index in [1.54, 1.807) is 37.3 Å². The summed E-state index contributed by atoms with van der Waals surface area (Å²) in [6.07, 6.45) is -4.57. The zero-order valence-electron chi connectivity index (χ0n) is 16.6. The number of nitrogens with one attached hydrogen (secondary N) is 1. The van der Waals surface area contributed by atoms with Crippen LogP contribution in [0.15, 0.2) is 71.5 Å². The first-order chi connectivity index (χ1) is 15.1. The van der Waals surface area contributed by atoms with Gasteiger partial charge in [-0.05, 0) is 55.5 Å². The van der Waals surface area contributed by atoms with Crippen LogP contribution in [0.4, 0.5) is 18.9 Å². The van der Waals surface area contributed by atoms with Crippen LogP contribution in [0.3, 0.4) is 0 Å². The molecule has 0 bridgehead atoms. The topological polar surface area (TPSA) is 64.0 Å². The van der Waals surface area contributed by atoms with E-state index in [0.717, 1.165) is 18.2 Å². The fourth-order valence-corrected chi connectivity index (χ4v) is 3.49. The Morgan fingerprint density at radius 3 is 2.53 bits per heavy atom. The van der Waals surface area contributed by atoms with Crippen molar-refractivity contribution in [3.63, 3.8) is 0 Å². The standard InChI is InChI=1S/C23H15ClF3N3O2/c1-13-28-19-8-3-2-7-17(19)22(32)30(13)16-9-10-18(24)20(12-16)29-21(31)14-5-4-6-15(11-14)23(25,26)27/h2-12H,1H3,(H,29,31). The molecule has 9 heteroatoms. The van der Waals surface area contributed by atoms with Gasteiger partial charge in [0.15, 0.2) is 0 Å². The number of para-hydroxylation sites is 1. The maximum Gasteiger partial charge on any atom is 0.416 e. The maximum atomic E-state index is 13.0. The molecule has 0 aliphatic rings. The largest absolute Gasteiger partial charge is 0.416 e. The van der Waals surface area contributed by atoms with Crippen molar-refractivity contribution in [2.24, 2.45) is 0 Å². The zero-order chi connectivity index (χ0) is 23.0. The number of rotatable bonds is 3. The molecule has 0 atom stereocenters. The number of fused-ring (bicyclic) bond motifs is 1. The van der Waals surface area contributed by atoms with Crippen LogP contribution in [0.5, 0.6) is 0 Å². The molecule has 1 heterocycles. The summed E-state index contributed by atoms with van der Waals surface area (Å²) in [5, 5.41) is 3.10. The number of amides is 1. The Bertz CT molecular complexity index is 1410. The Morgan fingerprint density at radius 1 is 1.03 bits per heavy atom. The monoisotopic (exact) mass is 457 g/mol. The third-order valence-electron chi connectivity index (χ3n) is 4.85. The van der Waals surface area contributed by atoms with Crippen LogP contribution in [0.2, 0.25) is 5.02 Å². The van der Waals surface area contributed by atoms with Gasteiger partial charge in [-0.25, -0.2) is 4.98 Å². The predicted molar refractivity (Wildman–Crippen MR) is 116 cm³/mol. The number of hydrogen-bond acceptors (Lipinski definition) is 3. The van der Waals surface area contributed by atoms with Gasteiger partial charge in [-0.1, -0.05) is 29.8 Å². The summed E-state index contributed by atoms with van der Waals surface area (Å²) < 4.78 is 40.2. The molecule has 4 rings (SSSR count). The highest BCUT2D eigenvalue weighted by molar-refractivity contribution is 6.34. The molecule has 32 heavy (non-hydrogen) atoms. The molecular formula is C23H15ClF3N3O2. The molecule has 0 aliphatic carbocycles. The summed E-state index contributed by atoms with van der Waals surface area (Å²) >= 11 is 6.20. The summed E-state index contributed by atoms with van der Waals surface area (Å²) in [6, 6.07) is 15.5. The van der Waals surface area contributed by atoms with Gasteiger partial charge in [0.1, 0.15) is 5.82 Å². The number of aryl methyl sites for hydroxylation is 1. The van der Waals surface area contributed by atoms with Gasteiger partial charge >= 0.3 is 6.18 Å². The average molecular weight is 458 g/mol. The zero-order valence-corrected chi connectivity index (χ0v) is 17.3. The summed E-state index contributed by atoms with van der Waals surface area (Å²) in [4.78, 5) is 30.0. The van der Waals surface area contributed by atoms with E-state index in [4.69, 9.17) is 11.6 Å². The highest BCUT2D eigenvalue weighted by atomic mass is 35.5. The highest BCUT2D eigenvalue weighted by Gasteiger charge is 2.31. The highest BCUT2D eigenvalue weighted by Crippen LogP contribution is 2.30. The lowest BCUT2D eigenvalue weighted by Crippen LogP contribution is -2.22. The van der Waals surface area contributed by atoms with Gasteiger partial charge in [-0.3, -0.25) is 14.2 Å². The molecule has 0 radical (unpaired) electrons. The average Bonchev–Trinajstić information content (AvgIpc) is 2.75. The first-order valence-corrected chi connectivity index (χ1v) is 9.80. The molecule has 5 nitrogen and oxygen atoms in total. The molecule has 0 aliphatic heterocycles. The fourth-order valence-electron chi connectivity index (χ4n) is 3.33. The minimum absolute atomic E-state index is 0.144. The fraction of sp³-hybridized carbons (Fsp3) is 0.0870. The Balaban J connectivity index is 1.73. The van der Waals surface area contributed by atoms with E-state index in [0.29, 0.717) is 22.4 Å². The Morgan fingerprint density at radius 2 is 1.78 bits per heavy atom. The van der Waals surface area contributed by atoms with Crippen molar-refractivity contribution >= 4 is 34.1 Å². The third kappa shape index (κ3) is 4.09. The second-order valence-corrected chi connectivity index (χ2v) is 7.42. The smallest absolute Gasteiger partial charge is 0.321 e. The van der Waals surface area contributed by atoms with Gasteiger partial charge in [0.2, 0.25) is 0 Å². The van der Waals surface area contributed by atoms with E-state index in [9.17, 15) is 22.8 Å². The van der Waals surface area contributed by atoms with Crippen molar-refractivity contribution in [2.45, 2.75) is 13.1 Å². The summed E-state index contributed by atoms with van der Waals surface area (Å²) in [7, 11) is 0. The van der Waals surface area contributed by atoms with Crippen molar-refractivity contribution in [3.8, 4) is 5.69 Å². The van der Waals surface area contributed by atoms with E-state index >= 15 is 0 Å². The number of carbonyl (C=O) groups is 1. The van der Waals surface area contributed by atoms with Crippen LogP contribution in [-0.2, 0) is 6.18 Å². The number of aromatic nitrogens is 2. The van der Waals surface area contributed by atoms with Crippen LogP contribution in [0.1, 0.15) is 21.7 Å². The lowest BCUT2D eigenvalue weighted by molar-refractivity contribution is -0.137. The molecular weight excluding hydrogens is 443 g/mol. The van der Waals surface area contributed by atoms with Gasteiger partial charge in [0.25, 0.3) is 11.5 Å². The number of alkyl halides is 3. The van der Waals surface area contributed by atoms with Crippen molar-refractivity contribution in [2.75, 3.05) is 5.32 Å². The molecule has 162 valence electrons. The lowest BCUT2D eigenvalue weighted by atomic mass is 10.1. The number of anilines is 1. The van der Waals surface area contributed by atoms with Crippen LogP contribution >= 0.6 is 11.6 Å². The summed E-state index contributed by atoms with van der Waals surface area (Å²) in [6.45, 7) is 1.67. The maximum absolute atomic E-state index is 13.0. The number of benzene rings is 3. The van der Waals surface area contributed by atoms with Crippen molar-refractivity contribution in [1.82, 2.24) is 9.55 Å². The molecule has 4 aromatic rings. The summed E-state index contributed by atoms with van der Waals surface area (Å²) in [5.41, 5.74) is -0.319. The number of halogens is 4. The van der Waals surface area contributed by atoms with Gasteiger partial charge in [-0.2, -0.15) is 13.2 Å². The second kappa shape index (κ2) is 8.12. The molecule has 0 saturated heterocycles. The normalized spacial score (nSPS) is 11.5. The Hall–Kier alpha value is -3.65. The minimum atomic E-state index is -4.57. The van der Waals surface area contributed by atoms with Gasteiger partial charge in [0.05, 0.1) is 32.9 Å². The Kier molecular flexibility index (Phi) is 5.48. The van der Waals surface area contributed by atoms with Crippen LogP contribution < -0.4 is 10.9 Å². The predicted octanol–water partition coefficient (Wildman–Crippen LogP) is 5.62. The van der Waals surface area contributed by atoms with Crippen molar-refractivity contribution in [3.05, 3.63) is 99.1 Å². The van der Waals surface area contributed by atoms with Gasteiger partial charge in [-0.15, -0.1) is 0 Å². The Labute approximate surface area is 185 Å². The van der Waals surface area contributed by atoms with E-state index < -0.39 is 17.6 Å². The number of carbonyl (C=O) groups excluding carboxylic acids is 1. The van der Waals surface area contributed by atoms with Crippen LogP contribution in [0, 0.1) is 6.92 Å². The molecule has 3 aromatic carbocycles. The molecule has 0 fully saturated rings. The van der Waals surface area contributed by atoms with E-state index in [-0.39, 0.29) is 21.8 Å². The molecule has 0 saturated carbocycles. The molecule has 0 unspecified atom stereocenters. The SMILES string of the molecule is Cc1nc2ccccc2c(=O)n1-c1ccc(Cl)c(NC(=O)c2cccc(C(F)(F)F)c2)c1. The van der Waals surface area contributed by atoms with E-state index in [1.165, 1.54) is 22.8 Å². The third-order valence-corrected chi connectivity index (χ3v) is 5.18. The van der Waals surface area contributed by atoms with Crippen LogP contribution in [0.25, 0.3) is 16.6 Å². The first-order valence-electron chi connectivity index (χ1n) is 9.42. The minimum Gasteiger partial charge on any atom is -0.321 e. The first kappa shape index (κ1) is 21.6. The summed E-state index contributed by atoms with van der Waals surface area (Å²) in [5.74, 6) is -0.345. The van der Waals surface area contributed by atoms with E-state index in [1.807, 2.05) is 0 Å². The number of nitrogens with zero attached hydrogens (tertiary/aromatic N) is 2. The van der Waals surface area contributed by atoms with Gasteiger partial charge in [0, 0.05) is 5.56 Å². The molecule has 1 aromatic heterocycles. The second-order valence-electron chi connectivity index (χ2n) is 7.01. The quantitative estimate of drug-likeness (QED) is 0.434. The number of hydrogen-bond donors (Lipinski definition) is 1.